The van der Waals surface area contributed by atoms with Gasteiger partial charge in [-0.3, -0.25) is 4.98 Å². The van der Waals surface area contributed by atoms with Crippen molar-refractivity contribution in [3.05, 3.63) is 78.5 Å². The van der Waals surface area contributed by atoms with E-state index >= 15 is 0 Å². The summed E-state index contributed by atoms with van der Waals surface area (Å²) >= 11 is 1.78. The van der Waals surface area contributed by atoms with Crippen LogP contribution in [0.4, 0.5) is 11.4 Å². The van der Waals surface area contributed by atoms with Gasteiger partial charge in [0.05, 0.1) is 15.9 Å². The number of pyridine rings is 1. The normalized spacial score (nSPS) is 11.0. The van der Waals surface area contributed by atoms with Gasteiger partial charge in [-0.15, -0.1) is 11.3 Å². The fourth-order valence-electron chi connectivity index (χ4n) is 2.96. The Balaban J connectivity index is 1.69. The minimum absolute atomic E-state index is 0.897. The number of benzene rings is 2. The standard InChI is InChI=1S/C22H21N3S/c1-2-23-15-16-7-6-8-17(13-16)21-14-20-22(26-21)19(11-12-24-20)25-18-9-4-3-5-10-18/h3-14,23H,2,15H2,1H3,(H,24,25). The lowest BCUT2D eigenvalue weighted by Crippen LogP contribution is -2.11. The Morgan fingerprint density at radius 3 is 2.69 bits per heavy atom. The lowest BCUT2D eigenvalue weighted by molar-refractivity contribution is 0.727. The molecule has 0 aliphatic heterocycles. The number of anilines is 2. The average molecular weight is 359 g/mol. The second-order valence-electron chi connectivity index (χ2n) is 6.16. The summed E-state index contributed by atoms with van der Waals surface area (Å²) in [7, 11) is 0. The van der Waals surface area contributed by atoms with E-state index in [-0.39, 0.29) is 0 Å². The monoisotopic (exact) mass is 359 g/mol. The Hall–Kier alpha value is -2.69. The number of nitrogens with one attached hydrogen (secondary N) is 2. The van der Waals surface area contributed by atoms with Crippen LogP contribution in [0.5, 0.6) is 0 Å². The van der Waals surface area contributed by atoms with E-state index in [1.165, 1.54) is 20.7 Å². The third kappa shape index (κ3) is 3.62. The molecule has 4 rings (SSSR count). The van der Waals surface area contributed by atoms with Crippen molar-refractivity contribution in [1.82, 2.24) is 10.3 Å². The van der Waals surface area contributed by atoms with E-state index in [0.29, 0.717) is 0 Å². The smallest absolute Gasteiger partial charge is 0.0837 e. The fourth-order valence-corrected chi connectivity index (χ4v) is 4.04. The summed E-state index contributed by atoms with van der Waals surface area (Å²) in [6.07, 6.45) is 1.87. The third-order valence-electron chi connectivity index (χ3n) is 4.26. The lowest BCUT2D eigenvalue weighted by Gasteiger charge is -2.06. The number of hydrogen-bond donors (Lipinski definition) is 2. The van der Waals surface area contributed by atoms with Crippen LogP contribution in [-0.2, 0) is 6.54 Å². The second kappa shape index (κ2) is 7.68. The van der Waals surface area contributed by atoms with Gasteiger partial charge in [0.15, 0.2) is 0 Å². The highest BCUT2D eigenvalue weighted by atomic mass is 32.1. The zero-order valence-electron chi connectivity index (χ0n) is 14.7. The van der Waals surface area contributed by atoms with Gasteiger partial charge in [-0.2, -0.15) is 0 Å². The minimum Gasteiger partial charge on any atom is -0.354 e. The molecule has 0 unspecified atom stereocenters. The van der Waals surface area contributed by atoms with Crippen LogP contribution in [0, 0.1) is 0 Å². The Kier molecular flexibility index (Phi) is 4.95. The van der Waals surface area contributed by atoms with Crippen molar-refractivity contribution >= 4 is 32.9 Å². The maximum absolute atomic E-state index is 4.56. The molecule has 0 aliphatic carbocycles. The van der Waals surface area contributed by atoms with E-state index in [9.17, 15) is 0 Å². The van der Waals surface area contributed by atoms with E-state index in [1.807, 2.05) is 30.5 Å². The maximum atomic E-state index is 4.56. The summed E-state index contributed by atoms with van der Waals surface area (Å²) in [4.78, 5) is 5.80. The molecule has 3 nitrogen and oxygen atoms in total. The summed E-state index contributed by atoms with van der Waals surface area (Å²) in [6.45, 7) is 4.00. The van der Waals surface area contributed by atoms with Gasteiger partial charge >= 0.3 is 0 Å². The van der Waals surface area contributed by atoms with Gasteiger partial charge in [0.2, 0.25) is 0 Å². The van der Waals surface area contributed by atoms with Gasteiger partial charge in [-0.05, 0) is 48.0 Å². The van der Waals surface area contributed by atoms with Gasteiger partial charge in [-0.1, -0.05) is 43.3 Å². The molecule has 2 aromatic heterocycles. The Labute approximate surface area is 157 Å². The summed E-state index contributed by atoms with van der Waals surface area (Å²) in [5.74, 6) is 0. The van der Waals surface area contributed by atoms with E-state index in [2.05, 4.69) is 65.0 Å². The van der Waals surface area contributed by atoms with Crippen LogP contribution in [0.25, 0.3) is 20.7 Å². The van der Waals surface area contributed by atoms with Gasteiger partial charge in [0.1, 0.15) is 0 Å². The van der Waals surface area contributed by atoms with Crippen LogP contribution in [-0.4, -0.2) is 11.5 Å². The zero-order valence-corrected chi connectivity index (χ0v) is 15.5. The quantitative estimate of drug-likeness (QED) is 0.456. The molecule has 0 saturated heterocycles. The molecule has 0 fully saturated rings. The molecule has 0 atom stereocenters. The molecular formula is C22H21N3S. The molecule has 2 N–H and O–H groups in total. The van der Waals surface area contributed by atoms with Crippen molar-refractivity contribution in [2.24, 2.45) is 0 Å². The number of nitrogens with zero attached hydrogens (tertiary/aromatic N) is 1. The van der Waals surface area contributed by atoms with Gasteiger partial charge < -0.3 is 10.6 Å². The van der Waals surface area contributed by atoms with Gasteiger partial charge in [0, 0.05) is 23.3 Å². The van der Waals surface area contributed by atoms with Crippen molar-refractivity contribution in [2.75, 3.05) is 11.9 Å². The molecule has 4 aromatic rings. The van der Waals surface area contributed by atoms with Crippen molar-refractivity contribution < 1.29 is 0 Å². The first-order valence-corrected chi connectivity index (χ1v) is 9.66. The highest BCUT2D eigenvalue weighted by Crippen LogP contribution is 2.37. The van der Waals surface area contributed by atoms with Crippen molar-refractivity contribution in [3.8, 4) is 10.4 Å². The molecule has 0 aliphatic rings. The molecule has 0 amide bonds. The number of aromatic nitrogens is 1. The molecule has 0 radical (unpaired) electrons. The van der Waals surface area contributed by atoms with Crippen LogP contribution < -0.4 is 10.6 Å². The van der Waals surface area contributed by atoms with Crippen molar-refractivity contribution in [2.45, 2.75) is 13.5 Å². The molecule has 0 bridgehead atoms. The van der Waals surface area contributed by atoms with Crippen LogP contribution >= 0.6 is 11.3 Å². The van der Waals surface area contributed by atoms with Crippen molar-refractivity contribution in [3.63, 3.8) is 0 Å². The molecule has 130 valence electrons. The Bertz CT molecular complexity index is 1010. The average Bonchev–Trinajstić information content (AvgIpc) is 3.13. The van der Waals surface area contributed by atoms with E-state index in [0.717, 1.165) is 30.0 Å². The second-order valence-corrected chi connectivity index (χ2v) is 7.21. The molecule has 4 heteroatoms. The zero-order chi connectivity index (χ0) is 17.8. The molecule has 2 heterocycles. The number of para-hydroxylation sites is 1. The largest absolute Gasteiger partial charge is 0.354 e. The third-order valence-corrected chi connectivity index (χ3v) is 5.46. The van der Waals surface area contributed by atoms with Crippen LogP contribution in [0.1, 0.15) is 12.5 Å². The predicted molar refractivity (Wildman–Crippen MR) is 112 cm³/mol. The van der Waals surface area contributed by atoms with E-state index < -0.39 is 0 Å². The Morgan fingerprint density at radius 2 is 1.85 bits per heavy atom. The first kappa shape index (κ1) is 16.8. The summed E-state index contributed by atoms with van der Waals surface area (Å²) in [6, 6.07) is 23.2. The first-order chi connectivity index (χ1) is 12.8. The van der Waals surface area contributed by atoms with Crippen molar-refractivity contribution in [1.29, 1.82) is 0 Å². The van der Waals surface area contributed by atoms with E-state index in [1.54, 1.807) is 11.3 Å². The number of rotatable bonds is 6. The van der Waals surface area contributed by atoms with Crippen LogP contribution in [0.15, 0.2) is 72.9 Å². The first-order valence-electron chi connectivity index (χ1n) is 8.84. The Morgan fingerprint density at radius 1 is 0.962 bits per heavy atom. The van der Waals surface area contributed by atoms with Gasteiger partial charge in [-0.25, -0.2) is 0 Å². The van der Waals surface area contributed by atoms with Gasteiger partial charge in [0.25, 0.3) is 0 Å². The summed E-state index contributed by atoms with van der Waals surface area (Å²) < 4.78 is 1.18. The molecule has 2 aromatic carbocycles. The lowest BCUT2D eigenvalue weighted by atomic mass is 10.1. The van der Waals surface area contributed by atoms with Crippen LogP contribution in [0.3, 0.4) is 0 Å². The fraction of sp³-hybridized carbons (Fsp3) is 0.136. The highest BCUT2D eigenvalue weighted by Gasteiger charge is 2.10. The number of fused-ring (bicyclic) bond motifs is 1. The molecule has 0 spiro atoms. The summed E-state index contributed by atoms with van der Waals surface area (Å²) in [5.41, 5.74) is 5.76. The highest BCUT2D eigenvalue weighted by molar-refractivity contribution is 7.22. The molecule has 26 heavy (non-hydrogen) atoms. The molecule has 0 saturated carbocycles. The molecular weight excluding hydrogens is 338 g/mol. The summed E-state index contributed by atoms with van der Waals surface area (Å²) in [5, 5.41) is 6.90. The van der Waals surface area contributed by atoms with E-state index in [4.69, 9.17) is 0 Å². The number of hydrogen-bond acceptors (Lipinski definition) is 4. The maximum Gasteiger partial charge on any atom is 0.0837 e. The van der Waals surface area contributed by atoms with Crippen LogP contribution in [0.2, 0.25) is 0 Å². The number of thiophene rings is 1. The SMILES string of the molecule is CCNCc1cccc(-c2cc3nccc(Nc4ccccc4)c3s2)c1. The minimum atomic E-state index is 0.897. The topological polar surface area (TPSA) is 37.0 Å². The predicted octanol–water partition coefficient (Wildman–Crippen LogP) is 5.82.